The van der Waals surface area contributed by atoms with Gasteiger partial charge in [-0.1, -0.05) is 45.7 Å². The molecule has 2 aromatic rings. The molecule has 2 N–H and O–H groups in total. The summed E-state index contributed by atoms with van der Waals surface area (Å²) in [6, 6.07) is 10.5. The second-order valence-corrected chi connectivity index (χ2v) is 6.91. The second kappa shape index (κ2) is 9.80. The van der Waals surface area contributed by atoms with Gasteiger partial charge in [0.2, 0.25) is 0 Å². The number of carbonyl (C=O) groups is 1. The first-order valence-corrected chi connectivity index (χ1v) is 9.37. The fourth-order valence-corrected chi connectivity index (χ4v) is 2.87. The van der Waals surface area contributed by atoms with Gasteiger partial charge in [0.25, 0.3) is 0 Å². The first-order chi connectivity index (χ1) is 12.4. The maximum Gasteiger partial charge on any atom is 0.320 e. The van der Waals surface area contributed by atoms with Gasteiger partial charge in [-0.05, 0) is 37.6 Å². The van der Waals surface area contributed by atoms with Gasteiger partial charge in [0.15, 0.2) is 11.5 Å². The van der Waals surface area contributed by atoms with Crippen molar-refractivity contribution < 1.29 is 19.4 Å². The predicted octanol–water partition coefficient (Wildman–Crippen LogP) is 4.64. The lowest BCUT2D eigenvalue weighted by molar-refractivity contribution is -0.139. The third-order valence-corrected chi connectivity index (χ3v) is 4.83. The number of rotatable bonds is 9. The molecule has 0 heterocycles. The Morgan fingerprint density at radius 3 is 2.58 bits per heavy atom. The minimum Gasteiger partial charge on any atom is -0.490 e. The zero-order chi connectivity index (χ0) is 19.1. The van der Waals surface area contributed by atoms with Gasteiger partial charge in [0.05, 0.1) is 6.61 Å². The minimum atomic E-state index is -0.897. The third kappa shape index (κ3) is 5.62. The molecule has 0 aliphatic carbocycles. The average molecular weight is 443 g/mol. The van der Waals surface area contributed by atoms with Crippen LogP contribution in [0, 0.1) is 0 Å². The number of carboxylic acids is 1. The number of benzene rings is 2. The molecule has 0 amide bonds. The van der Waals surface area contributed by atoms with Crippen LogP contribution in [0.4, 0.5) is 0 Å². The Hall–Kier alpha value is -1.76. The van der Waals surface area contributed by atoms with Gasteiger partial charge in [-0.25, -0.2) is 0 Å². The van der Waals surface area contributed by atoms with E-state index in [0.717, 1.165) is 15.6 Å². The molecule has 2 rings (SSSR count). The summed E-state index contributed by atoms with van der Waals surface area (Å²) in [6.45, 7) is 4.69. The second-order valence-electron chi connectivity index (χ2n) is 5.64. The Labute approximate surface area is 166 Å². The van der Waals surface area contributed by atoms with Crippen LogP contribution >= 0.6 is 27.5 Å². The van der Waals surface area contributed by atoms with E-state index in [4.69, 9.17) is 26.2 Å². The van der Waals surface area contributed by atoms with Gasteiger partial charge in [0.1, 0.15) is 12.6 Å². The highest BCUT2D eigenvalue weighted by Gasteiger charge is 2.14. The lowest BCUT2D eigenvalue weighted by Crippen LogP contribution is -2.33. The van der Waals surface area contributed by atoms with Crippen molar-refractivity contribution in [2.75, 3.05) is 6.61 Å². The number of carboxylic acid groups (broad SMARTS) is 1. The first kappa shape index (κ1) is 20.6. The maximum absolute atomic E-state index is 10.9. The van der Waals surface area contributed by atoms with Gasteiger partial charge in [-0.15, -0.1) is 0 Å². The van der Waals surface area contributed by atoms with E-state index in [9.17, 15) is 4.79 Å². The van der Waals surface area contributed by atoms with Crippen LogP contribution < -0.4 is 14.8 Å². The molecule has 7 heteroatoms. The van der Waals surface area contributed by atoms with E-state index in [1.807, 2.05) is 43.3 Å². The van der Waals surface area contributed by atoms with E-state index >= 15 is 0 Å². The summed E-state index contributed by atoms with van der Waals surface area (Å²) >= 11 is 9.68. The molecule has 0 aromatic heterocycles. The molecule has 140 valence electrons. The Bertz CT molecular complexity index is 769. The molecule has 2 aromatic carbocycles. The summed E-state index contributed by atoms with van der Waals surface area (Å²) in [6.07, 6.45) is 0. The zero-order valence-corrected chi connectivity index (χ0v) is 16.9. The van der Waals surface area contributed by atoms with Crippen molar-refractivity contribution in [2.24, 2.45) is 0 Å². The molecule has 26 heavy (non-hydrogen) atoms. The minimum absolute atomic E-state index is 0.319. The lowest BCUT2D eigenvalue weighted by atomic mass is 10.2. The topological polar surface area (TPSA) is 67.8 Å². The number of aliphatic carboxylic acids is 1. The van der Waals surface area contributed by atoms with Crippen LogP contribution in [-0.4, -0.2) is 23.7 Å². The van der Waals surface area contributed by atoms with Gasteiger partial charge in [0, 0.05) is 21.6 Å². The molecule has 5 nitrogen and oxygen atoms in total. The molecule has 0 spiro atoms. The highest BCUT2D eigenvalue weighted by molar-refractivity contribution is 9.10. The molecule has 0 radical (unpaired) electrons. The van der Waals surface area contributed by atoms with E-state index in [1.54, 1.807) is 6.92 Å². The highest BCUT2D eigenvalue weighted by Crippen LogP contribution is 2.34. The van der Waals surface area contributed by atoms with E-state index in [2.05, 4.69) is 21.2 Å². The average Bonchev–Trinajstić information content (AvgIpc) is 2.61. The SMILES string of the molecule is CCOc1cc(CNC(C)C(=O)O)c(Br)cc1OCc1ccccc1Cl. The van der Waals surface area contributed by atoms with Gasteiger partial charge < -0.3 is 19.9 Å². The summed E-state index contributed by atoms with van der Waals surface area (Å²) in [5.41, 5.74) is 1.76. The lowest BCUT2D eigenvalue weighted by Gasteiger charge is -2.16. The molecular formula is C19H21BrClNO4. The summed E-state index contributed by atoms with van der Waals surface area (Å²) in [5, 5.41) is 12.6. The van der Waals surface area contributed by atoms with Crippen LogP contribution in [0.1, 0.15) is 25.0 Å². The third-order valence-electron chi connectivity index (χ3n) is 3.72. The predicted molar refractivity (Wildman–Crippen MR) is 105 cm³/mol. The Kier molecular flexibility index (Phi) is 7.75. The van der Waals surface area contributed by atoms with Gasteiger partial charge >= 0.3 is 5.97 Å². The molecule has 0 aliphatic rings. The van der Waals surface area contributed by atoms with E-state index in [0.29, 0.717) is 36.3 Å². The van der Waals surface area contributed by atoms with E-state index in [-0.39, 0.29) is 0 Å². The summed E-state index contributed by atoms with van der Waals surface area (Å²) < 4.78 is 12.4. The number of hydrogen-bond acceptors (Lipinski definition) is 4. The quantitative estimate of drug-likeness (QED) is 0.592. The standard InChI is InChI=1S/C19H21BrClNO4/c1-3-25-17-8-14(10-22-12(2)19(23)24)15(20)9-18(17)26-11-13-6-4-5-7-16(13)21/h4-9,12,22H,3,10-11H2,1-2H3,(H,23,24). The molecule has 0 bridgehead atoms. The Balaban J connectivity index is 2.17. The van der Waals surface area contributed by atoms with Gasteiger partial charge in [-0.2, -0.15) is 0 Å². The number of nitrogens with one attached hydrogen (secondary N) is 1. The van der Waals surface area contributed by atoms with Crippen molar-refractivity contribution in [2.45, 2.75) is 33.0 Å². The van der Waals surface area contributed by atoms with E-state index < -0.39 is 12.0 Å². The summed E-state index contributed by atoms with van der Waals surface area (Å²) in [5.74, 6) is 0.294. The van der Waals surface area contributed by atoms with Crippen molar-refractivity contribution in [3.8, 4) is 11.5 Å². The van der Waals surface area contributed by atoms with Crippen LogP contribution in [0.2, 0.25) is 5.02 Å². The molecule has 1 unspecified atom stereocenters. The number of halogens is 2. The maximum atomic E-state index is 10.9. The molecule has 0 fully saturated rings. The van der Waals surface area contributed by atoms with Crippen molar-refractivity contribution in [3.05, 3.63) is 57.0 Å². The smallest absolute Gasteiger partial charge is 0.320 e. The number of ether oxygens (including phenoxy) is 2. The zero-order valence-electron chi connectivity index (χ0n) is 14.6. The fraction of sp³-hybridized carbons (Fsp3) is 0.316. The normalized spacial score (nSPS) is 11.8. The molecule has 1 atom stereocenters. The Morgan fingerprint density at radius 2 is 1.92 bits per heavy atom. The van der Waals surface area contributed by atoms with Crippen LogP contribution in [0.3, 0.4) is 0 Å². The van der Waals surface area contributed by atoms with Crippen molar-refractivity contribution in [1.82, 2.24) is 5.32 Å². The fourth-order valence-electron chi connectivity index (χ4n) is 2.22. The summed E-state index contributed by atoms with van der Waals surface area (Å²) in [4.78, 5) is 10.9. The van der Waals surface area contributed by atoms with Crippen LogP contribution in [0.25, 0.3) is 0 Å². The first-order valence-electron chi connectivity index (χ1n) is 8.20. The van der Waals surface area contributed by atoms with Gasteiger partial charge in [-0.3, -0.25) is 4.79 Å². The summed E-state index contributed by atoms with van der Waals surface area (Å²) in [7, 11) is 0. The largest absolute Gasteiger partial charge is 0.490 e. The monoisotopic (exact) mass is 441 g/mol. The molecule has 0 saturated carbocycles. The van der Waals surface area contributed by atoms with Crippen molar-refractivity contribution in [1.29, 1.82) is 0 Å². The van der Waals surface area contributed by atoms with Crippen LogP contribution in [0.15, 0.2) is 40.9 Å². The van der Waals surface area contributed by atoms with Crippen LogP contribution in [-0.2, 0) is 17.9 Å². The Morgan fingerprint density at radius 1 is 1.23 bits per heavy atom. The highest BCUT2D eigenvalue weighted by atomic mass is 79.9. The van der Waals surface area contributed by atoms with Crippen LogP contribution in [0.5, 0.6) is 11.5 Å². The van der Waals surface area contributed by atoms with Crippen molar-refractivity contribution in [3.63, 3.8) is 0 Å². The molecular weight excluding hydrogens is 422 g/mol. The van der Waals surface area contributed by atoms with Crippen molar-refractivity contribution >= 4 is 33.5 Å². The molecule has 0 aliphatic heterocycles. The number of hydrogen-bond donors (Lipinski definition) is 2. The van der Waals surface area contributed by atoms with E-state index in [1.165, 1.54) is 0 Å². The molecule has 0 saturated heterocycles.